The molecule has 3 N–H and O–H groups in total. The summed E-state index contributed by atoms with van der Waals surface area (Å²) in [5, 5.41) is 20.0. The lowest BCUT2D eigenvalue weighted by Gasteiger charge is -2.28. The number of nitrogens with one attached hydrogen (secondary N) is 2. The predicted octanol–water partition coefficient (Wildman–Crippen LogP) is -0.353. The molecule has 0 unspecified atom stereocenters. The minimum Gasteiger partial charge on any atom is -0.394 e. The molecule has 0 saturated carbocycles. The molecule has 8 heteroatoms. The van der Waals surface area contributed by atoms with E-state index in [4.69, 9.17) is 23.2 Å². The summed E-state index contributed by atoms with van der Waals surface area (Å²) in [5.74, 6) is 0.949. The third-order valence-corrected chi connectivity index (χ3v) is 3.32. The Balaban J connectivity index is 1.87. The third kappa shape index (κ3) is 1.68. The number of fused-ring (bicyclic) bond motifs is 1. The van der Waals surface area contributed by atoms with Crippen molar-refractivity contribution in [2.75, 3.05) is 18.6 Å². The molecule has 94 valence electrons. The normalized spacial score (nSPS) is 27.2. The van der Waals surface area contributed by atoms with Gasteiger partial charge in [-0.3, -0.25) is 9.98 Å². The van der Waals surface area contributed by atoms with E-state index < -0.39 is 0 Å². The van der Waals surface area contributed by atoms with Crippen LogP contribution in [0.1, 0.15) is 24.8 Å². The summed E-state index contributed by atoms with van der Waals surface area (Å²) < 4.78 is 7.57. The van der Waals surface area contributed by atoms with Gasteiger partial charge < -0.3 is 20.0 Å². The van der Waals surface area contributed by atoms with Crippen LogP contribution in [0.2, 0.25) is 0 Å². The van der Waals surface area contributed by atoms with Gasteiger partial charge in [-0.05, 0) is 12.8 Å². The first-order valence-corrected chi connectivity index (χ1v) is 5.89. The van der Waals surface area contributed by atoms with E-state index in [9.17, 15) is 0 Å². The van der Waals surface area contributed by atoms with Crippen molar-refractivity contribution in [3.05, 3.63) is 12.0 Å². The first kappa shape index (κ1) is 11.5. The van der Waals surface area contributed by atoms with Crippen LogP contribution in [0, 0.1) is 5.41 Å². The second kappa shape index (κ2) is 4.29. The van der Waals surface area contributed by atoms with Gasteiger partial charge in [-0.15, -0.1) is 0 Å². The quantitative estimate of drug-likeness (QED) is 0.621. The molecule has 0 aliphatic carbocycles. The van der Waals surface area contributed by atoms with Crippen LogP contribution in [0.4, 0.5) is 5.82 Å². The molecule has 1 saturated heterocycles. The van der Waals surface area contributed by atoms with Crippen molar-refractivity contribution >= 4 is 19.6 Å². The van der Waals surface area contributed by atoms with Crippen LogP contribution in [0.15, 0.2) is 6.33 Å². The topological polar surface area (TPSA) is 86.4 Å². The molecule has 0 aromatic carbocycles. The Morgan fingerprint density at radius 1 is 1.61 bits per heavy atom. The van der Waals surface area contributed by atoms with Crippen LogP contribution in [0.5, 0.6) is 0 Å². The first-order valence-electron chi connectivity index (χ1n) is 5.89. The van der Waals surface area contributed by atoms with Crippen LogP contribution in [-0.4, -0.2) is 52.7 Å². The predicted molar refractivity (Wildman–Crippen MR) is 65.4 cm³/mol. The van der Waals surface area contributed by atoms with E-state index in [-0.39, 0.29) is 24.8 Å². The molecular weight excluding hydrogens is 233 g/mol. The lowest BCUT2D eigenvalue weighted by atomic mass is 10.2. The maximum atomic E-state index is 9.07. The maximum absolute atomic E-state index is 9.07. The summed E-state index contributed by atoms with van der Waals surface area (Å²) in [5.41, 5.74) is 0.528. The van der Waals surface area contributed by atoms with Crippen molar-refractivity contribution in [1.29, 1.82) is 5.41 Å². The minimum absolute atomic E-state index is 0.0349. The number of anilines is 1. The Morgan fingerprint density at radius 3 is 3.17 bits per heavy atom. The molecule has 2 aliphatic heterocycles. The summed E-state index contributed by atoms with van der Waals surface area (Å²) in [7, 11) is 5.63. The molecule has 1 fully saturated rings. The maximum Gasteiger partial charge on any atom is 0.231 e. The number of ether oxygens (including phenoxy) is 1. The van der Waals surface area contributed by atoms with E-state index >= 15 is 0 Å². The summed E-state index contributed by atoms with van der Waals surface area (Å²) in [6, 6.07) is 0. The summed E-state index contributed by atoms with van der Waals surface area (Å²) in [6.45, 7) is 0.404. The van der Waals surface area contributed by atoms with Crippen LogP contribution in [0.25, 0.3) is 0 Å². The molecule has 0 bridgehead atoms. The summed E-state index contributed by atoms with van der Waals surface area (Å²) in [6.07, 6.45) is 3.06. The Morgan fingerprint density at radius 2 is 2.44 bits per heavy atom. The number of aliphatic hydroxyl groups excluding tert-OH is 1. The van der Waals surface area contributed by atoms with E-state index in [2.05, 4.69) is 10.3 Å². The molecule has 2 aliphatic rings. The van der Waals surface area contributed by atoms with Crippen LogP contribution < -0.4 is 5.32 Å². The molecule has 18 heavy (non-hydrogen) atoms. The second-order valence-electron chi connectivity index (χ2n) is 4.48. The molecule has 2 atom stereocenters. The number of nitrogens with zero attached hydrogens (tertiary/aromatic N) is 3. The van der Waals surface area contributed by atoms with Gasteiger partial charge in [-0.25, -0.2) is 4.98 Å². The molecule has 1 aromatic rings. The largest absolute Gasteiger partial charge is 0.394 e. The molecule has 1 aromatic heterocycles. The highest BCUT2D eigenvalue weighted by molar-refractivity contribution is 6.20. The third-order valence-electron chi connectivity index (χ3n) is 3.32. The molecular formula is C10H14BN5O2. The van der Waals surface area contributed by atoms with Crippen molar-refractivity contribution < 1.29 is 9.84 Å². The van der Waals surface area contributed by atoms with Crippen molar-refractivity contribution in [2.24, 2.45) is 0 Å². The van der Waals surface area contributed by atoms with Crippen LogP contribution in [-0.2, 0) is 4.74 Å². The van der Waals surface area contributed by atoms with E-state index in [1.165, 1.54) is 4.81 Å². The van der Waals surface area contributed by atoms with Gasteiger partial charge in [0.15, 0.2) is 0 Å². The number of hydrogen-bond donors (Lipinski definition) is 3. The first-order chi connectivity index (χ1) is 8.70. The monoisotopic (exact) mass is 247 g/mol. The summed E-state index contributed by atoms with van der Waals surface area (Å²) >= 11 is 0. The Hall–Kier alpha value is -1.54. The number of aliphatic hydroxyl groups is 1. The fourth-order valence-corrected chi connectivity index (χ4v) is 2.33. The van der Waals surface area contributed by atoms with Crippen molar-refractivity contribution in [2.45, 2.75) is 25.2 Å². The van der Waals surface area contributed by atoms with Crippen LogP contribution in [0.3, 0.4) is 0 Å². The number of rotatable bonds is 2. The SMILES string of the molecule is [B]N1CNc2c(ncn2[C@H]2CC[C@@H](CO)O2)C1=N. The standard InChI is InChI=1S/C10H14BN5O2/c11-16-5-14-10-8(9(16)12)13-4-15(10)7-2-1-6(3-17)18-7/h4,6-7,12,14,17H,1-3,5H2/t6-,7+/m0/s1. The molecule has 3 rings (SSSR count). The number of amidine groups is 1. The van der Waals surface area contributed by atoms with Crippen molar-refractivity contribution in [3.63, 3.8) is 0 Å². The Labute approximate surface area is 106 Å². The van der Waals surface area contributed by atoms with Gasteiger partial charge in [-0.1, -0.05) is 0 Å². The fraction of sp³-hybridized carbons (Fsp3) is 0.600. The van der Waals surface area contributed by atoms with Gasteiger partial charge in [0, 0.05) is 0 Å². The molecule has 2 radical (unpaired) electrons. The van der Waals surface area contributed by atoms with Crippen molar-refractivity contribution in [1.82, 2.24) is 14.4 Å². The number of hydrogen-bond acceptors (Lipinski definition) is 5. The molecule has 0 amide bonds. The van der Waals surface area contributed by atoms with E-state index in [1.807, 2.05) is 4.57 Å². The van der Waals surface area contributed by atoms with Crippen LogP contribution >= 0.6 is 0 Å². The average molecular weight is 247 g/mol. The van der Waals surface area contributed by atoms with Gasteiger partial charge in [-0.2, -0.15) is 0 Å². The number of imidazole rings is 1. The smallest absolute Gasteiger partial charge is 0.231 e. The van der Waals surface area contributed by atoms with Gasteiger partial charge in [0.2, 0.25) is 7.98 Å². The van der Waals surface area contributed by atoms with Gasteiger partial charge in [0.05, 0.1) is 25.7 Å². The van der Waals surface area contributed by atoms with E-state index in [0.717, 1.165) is 18.7 Å². The highest BCUT2D eigenvalue weighted by atomic mass is 16.5. The highest BCUT2D eigenvalue weighted by Crippen LogP contribution is 2.32. The second-order valence-corrected chi connectivity index (χ2v) is 4.48. The average Bonchev–Trinajstić information content (AvgIpc) is 2.99. The minimum atomic E-state index is -0.136. The van der Waals surface area contributed by atoms with Gasteiger partial charge >= 0.3 is 0 Å². The van der Waals surface area contributed by atoms with E-state index in [0.29, 0.717) is 12.4 Å². The zero-order chi connectivity index (χ0) is 12.7. The Kier molecular flexibility index (Phi) is 2.75. The van der Waals surface area contributed by atoms with Gasteiger partial charge in [0.25, 0.3) is 0 Å². The zero-order valence-corrected chi connectivity index (χ0v) is 9.83. The fourth-order valence-electron chi connectivity index (χ4n) is 2.33. The number of aromatic nitrogens is 2. The van der Waals surface area contributed by atoms with E-state index in [1.54, 1.807) is 6.33 Å². The lowest BCUT2D eigenvalue weighted by molar-refractivity contribution is -0.0215. The highest BCUT2D eigenvalue weighted by Gasteiger charge is 2.30. The molecule has 7 nitrogen and oxygen atoms in total. The lowest BCUT2D eigenvalue weighted by Crippen LogP contribution is -2.38. The van der Waals surface area contributed by atoms with Crippen molar-refractivity contribution in [3.8, 4) is 0 Å². The Bertz CT molecular complexity index is 477. The molecule has 3 heterocycles. The van der Waals surface area contributed by atoms with Gasteiger partial charge in [0.1, 0.15) is 23.6 Å². The zero-order valence-electron chi connectivity index (χ0n) is 9.83. The molecule has 0 spiro atoms. The summed E-state index contributed by atoms with van der Waals surface area (Å²) in [4.78, 5) is 5.49.